The van der Waals surface area contributed by atoms with Crippen LogP contribution in [-0.4, -0.2) is 25.7 Å². The number of hydrogen-bond acceptors (Lipinski definition) is 4. The van der Waals surface area contributed by atoms with E-state index in [1.165, 1.54) is 18.2 Å². The lowest BCUT2D eigenvalue weighted by Gasteiger charge is -2.33. The van der Waals surface area contributed by atoms with Crippen LogP contribution in [0.5, 0.6) is 0 Å². The molecule has 0 unspecified atom stereocenters. The second-order valence-corrected chi connectivity index (χ2v) is 8.34. The summed E-state index contributed by atoms with van der Waals surface area (Å²) >= 11 is 0. The second-order valence-electron chi connectivity index (χ2n) is 8.34. The van der Waals surface area contributed by atoms with E-state index in [1.807, 2.05) is 12.1 Å². The zero-order chi connectivity index (χ0) is 20.0. The molecule has 0 spiro atoms. The van der Waals surface area contributed by atoms with Crippen LogP contribution in [0, 0.1) is 29.6 Å². The third-order valence-corrected chi connectivity index (χ3v) is 7.06. The Morgan fingerprint density at radius 1 is 1.00 bits per heavy atom. The molecule has 2 aromatic carbocycles. The average molecular weight is 388 g/mol. The Morgan fingerprint density at radius 2 is 1.62 bits per heavy atom. The number of carbonyl (C=O) groups excluding carboxylic acids is 2. The summed E-state index contributed by atoms with van der Waals surface area (Å²) in [6.07, 6.45) is 5.16. The highest BCUT2D eigenvalue weighted by atomic mass is 16.5. The number of esters is 2. The second kappa shape index (κ2) is 6.87. The van der Waals surface area contributed by atoms with E-state index >= 15 is 0 Å². The van der Waals surface area contributed by atoms with Crippen molar-refractivity contribution in [2.75, 3.05) is 13.7 Å². The number of carbonyl (C=O) groups is 2. The van der Waals surface area contributed by atoms with Crippen LogP contribution in [0.15, 0.2) is 72.8 Å². The standard InChI is InChI=1S/C25H24O4/c1-28-23(26)22-19(13-12-16-15-29-24(27)21(16)22)20-14-25(20,17-8-4-2-5-9-17)18-10-6-3-7-11-18/h2-13,16,19-22H,14-15H2,1H3/t16-,19+,20-,21-,22+/m0/s1. The summed E-state index contributed by atoms with van der Waals surface area (Å²) in [5.41, 5.74) is 2.35. The molecule has 1 saturated heterocycles. The van der Waals surface area contributed by atoms with E-state index in [0.29, 0.717) is 6.61 Å². The van der Waals surface area contributed by atoms with Gasteiger partial charge < -0.3 is 9.47 Å². The smallest absolute Gasteiger partial charge is 0.310 e. The summed E-state index contributed by atoms with van der Waals surface area (Å²) in [6, 6.07) is 21.0. The number of rotatable bonds is 4. The van der Waals surface area contributed by atoms with Crippen molar-refractivity contribution in [1.29, 1.82) is 0 Å². The number of hydrogen-bond donors (Lipinski definition) is 0. The molecular weight excluding hydrogens is 364 g/mol. The van der Waals surface area contributed by atoms with Gasteiger partial charge in [-0.1, -0.05) is 72.8 Å². The van der Waals surface area contributed by atoms with Crippen LogP contribution in [0.25, 0.3) is 0 Å². The van der Waals surface area contributed by atoms with Crippen LogP contribution in [0.1, 0.15) is 17.5 Å². The molecule has 29 heavy (non-hydrogen) atoms. The van der Waals surface area contributed by atoms with Crippen molar-refractivity contribution in [2.45, 2.75) is 11.8 Å². The fraction of sp³-hybridized carbons (Fsp3) is 0.360. The first kappa shape index (κ1) is 18.2. The van der Waals surface area contributed by atoms with Gasteiger partial charge in [-0.25, -0.2) is 0 Å². The highest BCUT2D eigenvalue weighted by molar-refractivity contribution is 5.85. The van der Waals surface area contributed by atoms with Crippen LogP contribution in [0.3, 0.4) is 0 Å². The number of benzene rings is 2. The number of cyclic esters (lactones) is 1. The summed E-state index contributed by atoms with van der Waals surface area (Å²) in [4.78, 5) is 25.3. The molecule has 4 nitrogen and oxygen atoms in total. The summed E-state index contributed by atoms with van der Waals surface area (Å²) < 4.78 is 10.4. The van der Waals surface area contributed by atoms with Crippen LogP contribution in [0.4, 0.5) is 0 Å². The van der Waals surface area contributed by atoms with E-state index in [-0.39, 0.29) is 35.1 Å². The number of ether oxygens (including phenoxy) is 2. The van der Waals surface area contributed by atoms with E-state index in [9.17, 15) is 9.59 Å². The third kappa shape index (κ3) is 2.73. The Bertz CT molecular complexity index is 910. The third-order valence-electron chi connectivity index (χ3n) is 7.06. The molecule has 1 saturated carbocycles. The highest BCUT2D eigenvalue weighted by Gasteiger charge is 2.63. The zero-order valence-electron chi connectivity index (χ0n) is 16.4. The highest BCUT2D eigenvalue weighted by Crippen LogP contribution is 2.65. The molecule has 2 fully saturated rings. The SMILES string of the molecule is COC(=O)[C@@H]1[C@@H]([C@@H]2CC2(c2ccccc2)c2ccccc2)C=C[C@H]2COC(=O)[C@H]12. The van der Waals surface area contributed by atoms with E-state index < -0.39 is 11.8 Å². The molecule has 2 aromatic rings. The molecule has 5 atom stereocenters. The van der Waals surface area contributed by atoms with Crippen LogP contribution >= 0.6 is 0 Å². The van der Waals surface area contributed by atoms with Gasteiger partial charge in [0.1, 0.15) is 0 Å². The first-order valence-corrected chi connectivity index (χ1v) is 10.2. The molecule has 0 N–H and O–H groups in total. The molecule has 1 heterocycles. The fourth-order valence-electron chi connectivity index (χ4n) is 5.65. The van der Waals surface area contributed by atoms with Crippen molar-refractivity contribution >= 4 is 11.9 Å². The van der Waals surface area contributed by atoms with Crippen molar-refractivity contribution in [1.82, 2.24) is 0 Å². The number of fused-ring (bicyclic) bond motifs is 1. The Morgan fingerprint density at radius 3 is 2.21 bits per heavy atom. The van der Waals surface area contributed by atoms with Gasteiger partial charge in [0.25, 0.3) is 0 Å². The lowest BCUT2D eigenvalue weighted by atomic mass is 9.68. The molecule has 5 rings (SSSR count). The minimum atomic E-state index is -0.496. The van der Waals surface area contributed by atoms with Crippen molar-refractivity contribution < 1.29 is 19.1 Å². The predicted octanol–water partition coefficient (Wildman–Crippen LogP) is 3.76. The molecular formula is C25H24O4. The van der Waals surface area contributed by atoms with Gasteiger partial charge in [0, 0.05) is 11.3 Å². The van der Waals surface area contributed by atoms with Gasteiger partial charge in [-0.2, -0.15) is 0 Å². The first-order chi connectivity index (χ1) is 14.2. The maximum atomic E-state index is 12.8. The van der Waals surface area contributed by atoms with E-state index in [2.05, 4.69) is 60.7 Å². The molecule has 0 aromatic heterocycles. The van der Waals surface area contributed by atoms with Crippen molar-refractivity contribution in [3.63, 3.8) is 0 Å². The number of allylic oxidation sites excluding steroid dienone is 1. The Labute approximate surface area is 170 Å². The minimum absolute atomic E-state index is 0.0375. The molecule has 1 aliphatic heterocycles. The lowest BCUT2D eigenvalue weighted by molar-refractivity contribution is -0.156. The van der Waals surface area contributed by atoms with Crippen LogP contribution < -0.4 is 0 Å². The molecule has 3 aliphatic rings. The largest absolute Gasteiger partial charge is 0.469 e. The fourth-order valence-corrected chi connectivity index (χ4v) is 5.65. The van der Waals surface area contributed by atoms with E-state index in [4.69, 9.17) is 9.47 Å². The molecule has 0 amide bonds. The summed E-state index contributed by atoms with van der Waals surface area (Å²) in [6.45, 7) is 0.355. The topological polar surface area (TPSA) is 52.6 Å². The average Bonchev–Trinajstić information content (AvgIpc) is 3.44. The Balaban J connectivity index is 1.58. The van der Waals surface area contributed by atoms with Gasteiger partial charge in [-0.05, 0) is 29.4 Å². The van der Waals surface area contributed by atoms with Crippen molar-refractivity contribution in [3.05, 3.63) is 83.9 Å². The van der Waals surface area contributed by atoms with Gasteiger partial charge in [0.05, 0.1) is 25.6 Å². The minimum Gasteiger partial charge on any atom is -0.469 e. The molecule has 148 valence electrons. The molecule has 4 heteroatoms. The number of methoxy groups -OCH3 is 1. The van der Waals surface area contributed by atoms with Crippen molar-refractivity contribution in [2.24, 2.45) is 29.6 Å². The van der Waals surface area contributed by atoms with E-state index in [0.717, 1.165) is 6.42 Å². The lowest BCUT2D eigenvalue weighted by Crippen LogP contribution is -2.40. The first-order valence-electron chi connectivity index (χ1n) is 10.2. The van der Waals surface area contributed by atoms with Crippen LogP contribution in [0.2, 0.25) is 0 Å². The maximum absolute atomic E-state index is 12.8. The van der Waals surface area contributed by atoms with Crippen molar-refractivity contribution in [3.8, 4) is 0 Å². The Kier molecular flexibility index (Phi) is 4.30. The quantitative estimate of drug-likeness (QED) is 0.591. The summed E-state index contributed by atoms with van der Waals surface area (Å²) in [7, 11) is 1.40. The zero-order valence-corrected chi connectivity index (χ0v) is 16.4. The van der Waals surface area contributed by atoms with Gasteiger partial charge in [0.2, 0.25) is 0 Å². The monoisotopic (exact) mass is 388 g/mol. The molecule has 2 aliphatic carbocycles. The van der Waals surface area contributed by atoms with Gasteiger partial charge >= 0.3 is 11.9 Å². The van der Waals surface area contributed by atoms with Crippen LogP contribution in [-0.2, 0) is 24.5 Å². The normalized spacial score (nSPS) is 31.6. The van der Waals surface area contributed by atoms with Gasteiger partial charge in [-0.15, -0.1) is 0 Å². The predicted molar refractivity (Wildman–Crippen MR) is 108 cm³/mol. The van der Waals surface area contributed by atoms with Gasteiger partial charge in [0.15, 0.2) is 0 Å². The Hall–Kier alpha value is -2.88. The summed E-state index contributed by atoms with van der Waals surface area (Å²) in [5, 5.41) is 0. The maximum Gasteiger partial charge on any atom is 0.310 e. The molecule has 0 bridgehead atoms. The summed E-state index contributed by atoms with van der Waals surface area (Å²) in [5.74, 6) is -1.40. The molecule has 0 radical (unpaired) electrons. The van der Waals surface area contributed by atoms with E-state index in [1.54, 1.807) is 0 Å². The van der Waals surface area contributed by atoms with Gasteiger partial charge in [-0.3, -0.25) is 9.59 Å².